The Morgan fingerprint density at radius 1 is 1.04 bits per heavy atom. The fourth-order valence-corrected chi connectivity index (χ4v) is 2.93. The summed E-state index contributed by atoms with van der Waals surface area (Å²) in [6.45, 7) is 4.50. The lowest BCUT2D eigenvalue weighted by molar-refractivity contribution is 0.0383. The SMILES string of the molecule is N#Cc1cccc(NC(=O)c2cccc(C(=O)NCCN3CCOCC3)c2)c1. The van der Waals surface area contributed by atoms with E-state index < -0.39 is 0 Å². The van der Waals surface area contributed by atoms with Gasteiger partial charge in [0, 0.05) is 43.0 Å². The number of nitriles is 1. The van der Waals surface area contributed by atoms with Gasteiger partial charge in [-0.2, -0.15) is 5.26 Å². The Bertz CT molecular complexity index is 885. The molecule has 0 aromatic heterocycles. The molecule has 28 heavy (non-hydrogen) atoms. The fraction of sp³-hybridized carbons (Fsp3) is 0.286. The highest BCUT2D eigenvalue weighted by atomic mass is 16.5. The lowest BCUT2D eigenvalue weighted by atomic mass is 10.1. The van der Waals surface area contributed by atoms with Gasteiger partial charge in [0.25, 0.3) is 11.8 Å². The molecule has 7 nitrogen and oxygen atoms in total. The summed E-state index contributed by atoms with van der Waals surface area (Å²) in [5.74, 6) is -0.549. The van der Waals surface area contributed by atoms with Crippen LogP contribution in [0.25, 0.3) is 0 Å². The highest BCUT2D eigenvalue weighted by molar-refractivity contribution is 6.06. The second-order valence-electron chi connectivity index (χ2n) is 6.44. The number of amides is 2. The summed E-state index contributed by atoms with van der Waals surface area (Å²) in [5.41, 5.74) is 1.80. The molecule has 1 aliphatic rings. The van der Waals surface area contributed by atoms with Crippen LogP contribution in [0.1, 0.15) is 26.3 Å². The Hall–Kier alpha value is -3.21. The van der Waals surface area contributed by atoms with E-state index in [1.807, 2.05) is 6.07 Å². The summed E-state index contributed by atoms with van der Waals surface area (Å²) < 4.78 is 5.30. The molecular weight excluding hydrogens is 356 g/mol. The number of hydrogen-bond donors (Lipinski definition) is 2. The van der Waals surface area contributed by atoms with Crippen LogP contribution >= 0.6 is 0 Å². The molecule has 3 rings (SSSR count). The van der Waals surface area contributed by atoms with E-state index in [1.54, 1.807) is 48.5 Å². The Morgan fingerprint density at radius 2 is 1.75 bits per heavy atom. The third kappa shape index (κ3) is 5.39. The summed E-state index contributed by atoms with van der Waals surface area (Å²) in [5, 5.41) is 14.6. The van der Waals surface area contributed by atoms with E-state index in [4.69, 9.17) is 10.00 Å². The smallest absolute Gasteiger partial charge is 0.255 e. The van der Waals surface area contributed by atoms with Crippen LogP contribution in [-0.2, 0) is 4.74 Å². The number of rotatable bonds is 6. The number of morpholine rings is 1. The zero-order valence-electron chi connectivity index (χ0n) is 15.5. The van der Waals surface area contributed by atoms with E-state index in [0.29, 0.717) is 28.9 Å². The first-order chi connectivity index (χ1) is 13.7. The number of carbonyl (C=O) groups excluding carboxylic acids is 2. The first kappa shape index (κ1) is 19.5. The van der Waals surface area contributed by atoms with Gasteiger partial charge in [0.15, 0.2) is 0 Å². The summed E-state index contributed by atoms with van der Waals surface area (Å²) in [4.78, 5) is 27.1. The Labute approximate surface area is 163 Å². The number of ether oxygens (including phenoxy) is 1. The first-order valence-corrected chi connectivity index (χ1v) is 9.15. The van der Waals surface area contributed by atoms with Crippen molar-refractivity contribution in [2.75, 3.05) is 44.7 Å². The van der Waals surface area contributed by atoms with Gasteiger partial charge >= 0.3 is 0 Å². The molecule has 0 aliphatic carbocycles. The molecule has 0 bridgehead atoms. The van der Waals surface area contributed by atoms with Crippen molar-refractivity contribution in [1.29, 1.82) is 5.26 Å². The summed E-state index contributed by atoms with van der Waals surface area (Å²) in [6, 6.07) is 15.3. The standard InChI is InChI=1S/C21H22N4O3/c22-15-16-3-1-6-19(13-16)24-21(27)18-5-2-4-17(14-18)20(26)23-7-8-25-9-11-28-12-10-25/h1-6,13-14H,7-12H2,(H,23,26)(H,24,27). The van der Waals surface area contributed by atoms with Crippen LogP contribution in [0.5, 0.6) is 0 Å². The minimum Gasteiger partial charge on any atom is -0.379 e. The monoisotopic (exact) mass is 378 g/mol. The van der Waals surface area contributed by atoms with E-state index in [1.165, 1.54) is 0 Å². The molecule has 0 radical (unpaired) electrons. The fourth-order valence-electron chi connectivity index (χ4n) is 2.93. The molecule has 2 amide bonds. The van der Waals surface area contributed by atoms with Gasteiger partial charge in [0.1, 0.15) is 0 Å². The van der Waals surface area contributed by atoms with Crippen LogP contribution in [0.15, 0.2) is 48.5 Å². The van der Waals surface area contributed by atoms with E-state index in [-0.39, 0.29) is 11.8 Å². The highest BCUT2D eigenvalue weighted by Gasteiger charge is 2.13. The van der Waals surface area contributed by atoms with Gasteiger partial charge in [-0.1, -0.05) is 12.1 Å². The summed E-state index contributed by atoms with van der Waals surface area (Å²) in [6.07, 6.45) is 0. The van der Waals surface area contributed by atoms with E-state index in [0.717, 1.165) is 32.8 Å². The van der Waals surface area contributed by atoms with Crippen molar-refractivity contribution in [3.8, 4) is 6.07 Å². The Balaban J connectivity index is 1.57. The lowest BCUT2D eigenvalue weighted by Crippen LogP contribution is -2.41. The Kier molecular flexibility index (Phi) is 6.73. The van der Waals surface area contributed by atoms with Crippen LogP contribution in [0.4, 0.5) is 5.69 Å². The molecule has 2 aromatic rings. The third-order valence-corrected chi connectivity index (χ3v) is 4.45. The van der Waals surface area contributed by atoms with Gasteiger partial charge in [0.2, 0.25) is 0 Å². The zero-order valence-corrected chi connectivity index (χ0v) is 15.5. The molecule has 1 heterocycles. The molecule has 0 saturated carbocycles. The van der Waals surface area contributed by atoms with Gasteiger partial charge in [-0.3, -0.25) is 14.5 Å². The molecule has 0 unspecified atom stereocenters. The van der Waals surface area contributed by atoms with E-state index >= 15 is 0 Å². The van der Waals surface area contributed by atoms with Crippen molar-refractivity contribution in [2.24, 2.45) is 0 Å². The van der Waals surface area contributed by atoms with Crippen molar-refractivity contribution in [3.63, 3.8) is 0 Å². The maximum Gasteiger partial charge on any atom is 0.255 e. The Morgan fingerprint density at radius 3 is 2.50 bits per heavy atom. The molecule has 0 atom stereocenters. The van der Waals surface area contributed by atoms with Crippen molar-refractivity contribution in [3.05, 3.63) is 65.2 Å². The van der Waals surface area contributed by atoms with Crippen LogP contribution in [-0.4, -0.2) is 56.1 Å². The number of anilines is 1. The van der Waals surface area contributed by atoms with Crippen molar-refractivity contribution < 1.29 is 14.3 Å². The van der Waals surface area contributed by atoms with E-state index in [2.05, 4.69) is 15.5 Å². The maximum absolute atomic E-state index is 12.5. The van der Waals surface area contributed by atoms with Crippen LogP contribution in [0.3, 0.4) is 0 Å². The van der Waals surface area contributed by atoms with Gasteiger partial charge in [-0.05, 0) is 36.4 Å². The van der Waals surface area contributed by atoms with E-state index in [9.17, 15) is 9.59 Å². The van der Waals surface area contributed by atoms with Gasteiger partial charge in [-0.25, -0.2) is 0 Å². The highest BCUT2D eigenvalue weighted by Crippen LogP contribution is 2.13. The average molecular weight is 378 g/mol. The second-order valence-corrected chi connectivity index (χ2v) is 6.44. The largest absolute Gasteiger partial charge is 0.379 e. The molecule has 2 N–H and O–H groups in total. The predicted molar refractivity (Wildman–Crippen MR) is 105 cm³/mol. The molecule has 7 heteroatoms. The molecule has 2 aromatic carbocycles. The normalized spacial score (nSPS) is 14.1. The summed E-state index contributed by atoms with van der Waals surface area (Å²) in [7, 11) is 0. The third-order valence-electron chi connectivity index (χ3n) is 4.45. The predicted octanol–water partition coefficient (Wildman–Crippen LogP) is 1.87. The number of carbonyl (C=O) groups is 2. The average Bonchev–Trinajstić information content (AvgIpc) is 2.74. The van der Waals surface area contributed by atoms with Crippen molar-refractivity contribution >= 4 is 17.5 Å². The molecule has 0 spiro atoms. The molecular formula is C21H22N4O3. The van der Waals surface area contributed by atoms with Gasteiger partial charge < -0.3 is 15.4 Å². The van der Waals surface area contributed by atoms with Crippen LogP contribution in [0.2, 0.25) is 0 Å². The number of nitrogens with one attached hydrogen (secondary N) is 2. The minimum absolute atomic E-state index is 0.214. The second kappa shape index (κ2) is 9.65. The topological polar surface area (TPSA) is 94.5 Å². The number of nitrogens with zero attached hydrogens (tertiary/aromatic N) is 2. The molecule has 144 valence electrons. The number of benzene rings is 2. The maximum atomic E-state index is 12.5. The first-order valence-electron chi connectivity index (χ1n) is 9.15. The van der Waals surface area contributed by atoms with Crippen LogP contribution < -0.4 is 10.6 Å². The van der Waals surface area contributed by atoms with Crippen molar-refractivity contribution in [2.45, 2.75) is 0 Å². The molecule has 1 fully saturated rings. The number of hydrogen-bond acceptors (Lipinski definition) is 5. The molecule has 1 aliphatic heterocycles. The molecule has 1 saturated heterocycles. The lowest BCUT2D eigenvalue weighted by Gasteiger charge is -2.26. The van der Waals surface area contributed by atoms with Gasteiger partial charge in [0.05, 0.1) is 24.8 Å². The van der Waals surface area contributed by atoms with Gasteiger partial charge in [-0.15, -0.1) is 0 Å². The summed E-state index contributed by atoms with van der Waals surface area (Å²) >= 11 is 0. The minimum atomic E-state index is -0.335. The van der Waals surface area contributed by atoms with Crippen LogP contribution in [0, 0.1) is 11.3 Å². The quantitative estimate of drug-likeness (QED) is 0.800. The zero-order chi connectivity index (χ0) is 19.8. The van der Waals surface area contributed by atoms with Crippen molar-refractivity contribution in [1.82, 2.24) is 10.2 Å².